The van der Waals surface area contributed by atoms with Crippen LogP contribution in [-0.2, 0) is 16.1 Å². The van der Waals surface area contributed by atoms with Crippen LogP contribution in [0.15, 0.2) is 28.7 Å². The Morgan fingerprint density at radius 3 is 2.68 bits per heavy atom. The second kappa shape index (κ2) is 10.8. The molecule has 3 N–H and O–H groups in total. The fourth-order valence-corrected chi connectivity index (χ4v) is 3.51. The van der Waals surface area contributed by atoms with E-state index in [9.17, 15) is 9.59 Å². The maximum Gasteiger partial charge on any atom is 0.224 e. The third-order valence-corrected chi connectivity index (χ3v) is 5.39. The third-order valence-electron chi connectivity index (χ3n) is 4.62. The first kappa shape index (κ1) is 21.9. The van der Waals surface area contributed by atoms with Crippen molar-refractivity contribution in [3.05, 3.63) is 34.3 Å². The van der Waals surface area contributed by atoms with Gasteiger partial charge < -0.3 is 16.0 Å². The molecule has 0 saturated heterocycles. The van der Waals surface area contributed by atoms with Crippen LogP contribution in [0, 0.1) is 5.92 Å². The van der Waals surface area contributed by atoms with E-state index in [0.717, 1.165) is 29.3 Å². The highest BCUT2D eigenvalue weighted by atomic mass is 79.9. The minimum atomic E-state index is -0.00129. The lowest BCUT2D eigenvalue weighted by Crippen LogP contribution is -2.34. The van der Waals surface area contributed by atoms with Gasteiger partial charge in [0.05, 0.1) is 0 Å². The van der Waals surface area contributed by atoms with Crippen molar-refractivity contribution >= 4 is 40.2 Å². The summed E-state index contributed by atoms with van der Waals surface area (Å²) in [5.41, 5.74) is 7.05. The van der Waals surface area contributed by atoms with Crippen molar-refractivity contribution in [1.82, 2.24) is 10.2 Å². The summed E-state index contributed by atoms with van der Waals surface area (Å²) in [6.45, 7) is 0.922. The zero-order valence-corrected chi connectivity index (χ0v) is 16.9. The van der Waals surface area contributed by atoms with Gasteiger partial charge in [-0.1, -0.05) is 40.5 Å². The lowest BCUT2D eigenvalue weighted by Gasteiger charge is -2.19. The molecule has 0 aliphatic heterocycles. The summed E-state index contributed by atoms with van der Waals surface area (Å²) in [4.78, 5) is 25.8. The number of hydrogen-bond acceptors (Lipinski definition) is 3. The minimum Gasteiger partial charge on any atom is -0.356 e. The van der Waals surface area contributed by atoms with Crippen LogP contribution in [-0.4, -0.2) is 36.3 Å². The van der Waals surface area contributed by atoms with E-state index in [2.05, 4.69) is 21.2 Å². The summed E-state index contributed by atoms with van der Waals surface area (Å²) < 4.78 is 0.992. The Labute approximate surface area is 164 Å². The van der Waals surface area contributed by atoms with Crippen LogP contribution >= 0.6 is 28.3 Å². The predicted molar refractivity (Wildman–Crippen MR) is 105 cm³/mol. The normalized spacial score (nSPS) is 19.2. The van der Waals surface area contributed by atoms with Crippen molar-refractivity contribution in [1.29, 1.82) is 0 Å². The van der Waals surface area contributed by atoms with Crippen molar-refractivity contribution in [3.63, 3.8) is 0 Å². The van der Waals surface area contributed by atoms with Gasteiger partial charge in [-0.2, -0.15) is 0 Å². The maximum absolute atomic E-state index is 12.2. The molecule has 2 rings (SSSR count). The van der Waals surface area contributed by atoms with Gasteiger partial charge in [-0.15, -0.1) is 12.4 Å². The molecule has 5 nitrogen and oxygen atoms in total. The summed E-state index contributed by atoms with van der Waals surface area (Å²) in [7, 11) is 1.78. The lowest BCUT2D eigenvalue weighted by atomic mass is 10.00. The van der Waals surface area contributed by atoms with E-state index in [4.69, 9.17) is 5.73 Å². The van der Waals surface area contributed by atoms with Gasteiger partial charge in [-0.3, -0.25) is 9.59 Å². The van der Waals surface area contributed by atoms with Crippen LogP contribution in [0.3, 0.4) is 0 Å². The Bertz CT molecular complexity index is 585. The Morgan fingerprint density at radius 2 is 2.04 bits per heavy atom. The first-order valence-corrected chi connectivity index (χ1v) is 9.26. The van der Waals surface area contributed by atoms with Gasteiger partial charge in [-0.25, -0.2) is 0 Å². The number of nitrogens with one attached hydrogen (secondary N) is 1. The van der Waals surface area contributed by atoms with Crippen molar-refractivity contribution < 1.29 is 9.59 Å². The van der Waals surface area contributed by atoms with E-state index in [0.29, 0.717) is 31.8 Å². The number of carbonyl (C=O) groups is 2. The number of rotatable bonds is 7. The zero-order valence-electron chi connectivity index (χ0n) is 14.5. The number of halogens is 2. The Morgan fingerprint density at radius 1 is 1.32 bits per heavy atom. The van der Waals surface area contributed by atoms with E-state index in [-0.39, 0.29) is 30.3 Å². The van der Waals surface area contributed by atoms with Crippen LogP contribution in [0.25, 0.3) is 0 Å². The van der Waals surface area contributed by atoms with E-state index >= 15 is 0 Å². The monoisotopic (exact) mass is 431 g/mol. The summed E-state index contributed by atoms with van der Waals surface area (Å²) in [6, 6.07) is 7.99. The molecule has 1 aromatic rings. The number of nitrogens with zero attached hydrogens (tertiary/aromatic N) is 1. The first-order chi connectivity index (χ1) is 11.5. The average Bonchev–Trinajstić information content (AvgIpc) is 2.94. The molecule has 0 unspecified atom stereocenters. The molecule has 0 spiro atoms. The van der Waals surface area contributed by atoms with Gasteiger partial charge in [0.25, 0.3) is 0 Å². The van der Waals surface area contributed by atoms with Crippen molar-refractivity contribution in [3.8, 4) is 0 Å². The van der Waals surface area contributed by atoms with Gasteiger partial charge in [0.15, 0.2) is 0 Å². The van der Waals surface area contributed by atoms with Crippen LogP contribution in [0.1, 0.15) is 37.7 Å². The van der Waals surface area contributed by atoms with E-state index in [1.165, 1.54) is 0 Å². The van der Waals surface area contributed by atoms with Crippen molar-refractivity contribution in [2.24, 2.45) is 11.7 Å². The molecule has 1 aliphatic rings. The Kier molecular flexibility index (Phi) is 9.46. The molecular weight excluding hydrogens is 406 g/mol. The molecule has 2 amide bonds. The minimum absolute atomic E-state index is 0. The molecule has 0 aromatic heterocycles. The predicted octanol–water partition coefficient (Wildman–Crippen LogP) is 2.85. The van der Waals surface area contributed by atoms with Gasteiger partial charge >= 0.3 is 0 Å². The van der Waals surface area contributed by atoms with Crippen LogP contribution in [0.2, 0.25) is 0 Å². The second-order valence-corrected chi connectivity index (χ2v) is 7.35. The number of carbonyl (C=O) groups excluding carboxylic acids is 2. The molecule has 25 heavy (non-hydrogen) atoms. The molecule has 0 radical (unpaired) electrons. The van der Waals surface area contributed by atoms with Crippen molar-refractivity contribution in [2.45, 2.75) is 44.7 Å². The number of amides is 2. The molecule has 0 heterocycles. The summed E-state index contributed by atoms with van der Waals surface area (Å²) in [5, 5.41) is 2.84. The highest BCUT2D eigenvalue weighted by Crippen LogP contribution is 2.26. The highest BCUT2D eigenvalue weighted by molar-refractivity contribution is 9.10. The maximum atomic E-state index is 12.2. The first-order valence-electron chi connectivity index (χ1n) is 8.47. The Balaban J connectivity index is 0.00000312. The highest BCUT2D eigenvalue weighted by Gasteiger charge is 2.25. The van der Waals surface area contributed by atoms with Gasteiger partial charge in [0.2, 0.25) is 11.8 Å². The topological polar surface area (TPSA) is 75.4 Å². The van der Waals surface area contributed by atoms with Crippen LogP contribution in [0.4, 0.5) is 0 Å². The molecule has 7 heteroatoms. The van der Waals surface area contributed by atoms with Gasteiger partial charge in [0.1, 0.15) is 0 Å². The van der Waals surface area contributed by atoms with E-state index < -0.39 is 0 Å². The van der Waals surface area contributed by atoms with Crippen LogP contribution < -0.4 is 11.1 Å². The van der Waals surface area contributed by atoms with E-state index in [1.54, 1.807) is 11.9 Å². The molecule has 2 atom stereocenters. The largest absolute Gasteiger partial charge is 0.356 e. The number of hydrogen-bond donors (Lipinski definition) is 2. The summed E-state index contributed by atoms with van der Waals surface area (Å²) >= 11 is 3.49. The molecule has 1 aromatic carbocycles. The fourth-order valence-electron chi connectivity index (χ4n) is 3.10. The molecule has 1 fully saturated rings. The molecule has 1 saturated carbocycles. The molecule has 0 bridgehead atoms. The molecule has 140 valence electrons. The van der Waals surface area contributed by atoms with E-state index in [1.807, 2.05) is 24.3 Å². The average molecular weight is 433 g/mol. The fraction of sp³-hybridized carbons (Fsp3) is 0.556. The SMILES string of the molecule is CN(Cc1ccccc1Br)C(=O)CCNC(=O)C[C@@H]1CCC[C@H]1N.Cl. The zero-order chi connectivity index (χ0) is 17.5. The number of benzene rings is 1. The summed E-state index contributed by atoms with van der Waals surface area (Å²) in [6.07, 6.45) is 3.93. The van der Waals surface area contributed by atoms with Crippen LogP contribution in [0.5, 0.6) is 0 Å². The smallest absolute Gasteiger partial charge is 0.224 e. The second-order valence-electron chi connectivity index (χ2n) is 6.50. The number of nitrogens with two attached hydrogens (primary N) is 1. The Hall–Kier alpha value is -1.11. The lowest BCUT2D eigenvalue weighted by molar-refractivity contribution is -0.130. The molecule has 1 aliphatic carbocycles. The molecular formula is C18H27BrClN3O2. The van der Waals surface area contributed by atoms with Gasteiger partial charge in [-0.05, 0) is 30.4 Å². The third kappa shape index (κ3) is 6.96. The van der Waals surface area contributed by atoms with Crippen molar-refractivity contribution in [2.75, 3.05) is 13.6 Å². The summed E-state index contributed by atoms with van der Waals surface area (Å²) in [5.74, 6) is 0.307. The standard InChI is InChI=1S/C18H26BrN3O2.ClH/c1-22(12-14-5-2-3-7-15(14)19)18(24)9-10-21-17(23)11-13-6-4-8-16(13)20;/h2-3,5,7,13,16H,4,6,8-12,20H2,1H3,(H,21,23);1H/t13-,16+;/m0./s1. The quantitative estimate of drug-likeness (QED) is 0.695. The van der Waals surface area contributed by atoms with Gasteiger partial charge in [0, 0.05) is 43.5 Å².